The van der Waals surface area contributed by atoms with Crippen LogP contribution in [0.25, 0.3) is 77.9 Å². The Morgan fingerprint density at radius 2 is 0.736 bits per heavy atom. The van der Waals surface area contributed by atoms with Crippen molar-refractivity contribution in [3.8, 4) is 77.9 Å². The summed E-state index contributed by atoms with van der Waals surface area (Å²) in [7, 11) is 0. The third-order valence-electron chi connectivity index (χ3n) is 11.5. The topological polar surface area (TPSA) is 0 Å². The Hall–Kier alpha value is -6.24. The van der Waals surface area contributed by atoms with Crippen molar-refractivity contribution in [3.05, 3.63) is 204 Å². The van der Waals surface area contributed by atoms with Crippen LogP contribution in [0.5, 0.6) is 0 Å². The summed E-state index contributed by atoms with van der Waals surface area (Å²) in [5.41, 5.74) is 23.6. The predicted molar refractivity (Wildman–Crippen MR) is 226 cm³/mol. The van der Waals surface area contributed by atoms with Crippen molar-refractivity contribution in [3.63, 3.8) is 0 Å². The van der Waals surface area contributed by atoms with Crippen molar-refractivity contribution in [2.24, 2.45) is 0 Å². The van der Waals surface area contributed by atoms with Crippen molar-refractivity contribution in [2.45, 2.75) is 33.1 Å². The Morgan fingerprint density at radius 1 is 0.302 bits per heavy atom. The molecule has 0 bridgehead atoms. The van der Waals surface area contributed by atoms with Gasteiger partial charge in [-0.05, 0) is 137 Å². The van der Waals surface area contributed by atoms with Crippen LogP contribution >= 0.6 is 0 Å². The van der Waals surface area contributed by atoms with E-state index >= 15 is 0 Å². The van der Waals surface area contributed by atoms with Crippen molar-refractivity contribution < 1.29 is 0 Å². The summed E-state index contributed by atoms with van der Waals surface area (Å²) in [6.07, 6.45) is 0.921. The number of benzene rings is 8. The molecular formula is C53H42. The second-order valence-corrected chi connectivity index (χ2v) is 14.9. The lowest BCUT2D eigenvalue weighted by molar-refractivity contribution is 0.660. The highest BCUT2D eigenvalue weighted by atomic mass is 14.4. The van der Waals surface area contributed by atoms with Crippen molar-refractivity contribution in [2.75, 3.05) is 0 Å². The van der Waals surface area contributed by atoms with Gasteiger partial charge in [0.1, 0.15) is 0 Å². The molecular weight excluding hydrogens is 637 g/mol. The van der Waals surface area contributed by atoms with Crippen LogP contribution in [-0.2, 0) is 11.8 Å². The summed E-state index contributed by atoms with van der Waals surface area (Å²) < 4.78 is 0. The third-order valence-corrected chi connectivity index (χ3v) is 11.5. The zero-order valence-corrected chi connectivity index (χ0v) is 29.5. The van der Waals surface area contributed by atoms with E-state index in [0.717, 1.165) is 6.42 Å². The highest BCUT2D eigenvalue weighted by molar-refractivity contribution is 5.92. The minimum atomic E-state index is 0. The van der Waals surface area contributed by atoms with Gasteiger partial charge in [-0.1, -0.05) is 173 Å². The van der Waals surface area contributed by atoms with Crippen LogP contribution in [0.2, 0.25) is 0 Å². The lowest BCUT2D eigenvalue weighted by Crippen LogP contribution is -2.14. The quantitative estimate of drug-likeness (QED) is 0.170. The van der Waals surface area contributed by atoms with Gasteiger partial charge in [-0.15, -0.1) is 0 Å². The normalized spacial score (nSPS) is 13.0. The van der Waals surface area contributed by atoms with Gasteiger partial charge in [-0.25, -0.2) is 0 Å². The molecule has 0 heteroatoms. The molecule has 0 heterocycles. The summed E-state index contributed by atoms with van der Waals surface area (Å²) in [5.74, 6) is 0. The molecule has 0 saturated heterocycles. The molecule has 0 saturated carbocycles. The van der Waals surface area contributed by atoms with Gasteiger partial charge >= 0.3 is 0 Å². The minimum Gasteiger partial charge on any atom is -0.0776 e. The van der Waals surface area contributed by atoms with Crippen molar-refractivity contribution >= 4 is 0 Å². The first-order valence-electron chi connectivity index (χ1n) is 18.4. The molecule has 0 N–H and O–H groups in total. The Balaban J connectivity index is 0.00000372. The molecule has 0 aromatic heterocycles. The smallest absolute Gasteiger partial charge is 0.0158 e. The molecule has 2 aliphatic carbocycles. The number of hydrogen-bond donors (Lipinski definition) is 0. The SMILES string of the molecule is C.CC1(C)c2ccccc2-c2cc(-c3cccc(-c4cc(-c5ccccc5)cc(-c5cccc6c5Cc5c(-c7ccccc7)cccc5-6)c4)c3)ccc21. The van der Waals surface area contributed by atoms with E-state index in [1.54, 1.807) is 0 Å². The molecule has 0 radical (unpaired) electrons. The first-order valence-corrected chi connectivity index (χ1v) is 18.4. The molecule has 8 aromatic carbocycles. The Labute approximate surface area is 314 Å². The Kier molecular flexibility index (Phi) is 7.86. The average molecular weight is 679 g/mol. The van der Waals surface area contributed by atoms with Crippen LogP contribution in [0.3, 0.4) is 0 Å². The zero-order chi connectivity index (χ0) is 34.8. The maximum Gasteiger partial charge on any atom is 0.0158 e. The standard InChI is InChI=1S/C52H38.CH4/c1-52(2)50-25-10-9-20-46(50)49-32-38(26-27-51(49)52)36-18-11-19-37(28-36)40-29-39(34-14-5-3-6-15-34)30-41(31-40)43-22-13-24-45-44-23-12-21-42(47(44)33-48(43)45)35-16-7-4-8-17-35;/h3-32H,33H2,1-2H3;1H4. The van der Waals surface area contributed by atoms with E-state index < -0.39 is 0 Å². The predicted octanol–water partition coefficient (Wildman–Crippen LogP) is 14.5. The number of rotatable bonds is 5. The van der Waals surface area contributed by atoms with Crippen molar-refractivity contribution in [1.82, 2.24) is 0 Å². The zero-order valence-electron chi connectivity index (χ0n) is 29.5. The molecule has 0 aliphatic heterocycles. The summed E-state index contributed by atoms with van der Waals surface area (Å²) in [4.78, 5) is 0. The van der Waals surface area contributed by atoms with Gasteiger partial charge in [-0.3, -0.25) is 0 Å². The molecule has 0 amide bonds. The maximum atomic E-state index is 2.41. The second-order valence-electron chi connectivity index (χ2n) is 14.9. The fraction of sp³-hybridized carbons (Fsp3) is 0.0943. The minimum absolute atomic E-state index is 0. The summed E-state index contributed by atoms with van der Waals surface area (Å²) in [6.45, 7) is 4.69. The molecule has 0 atom stereocenters. The van der Waals surface area contributed by atoms with Gasteiger partial charge in [0.2, 0.25) is 0 Å². The van der Waals surface area contributed by atoms with E-state index in [1.165, 1.54) is 100 Å². The van der Waals surface area contributed by atoms with Crippen LogP contribution in [0, 0.1) is 0 Å². The monoisotopic (exact) mass is 678 g/mol. The van der Waals surface area contributed by atoms with E-state index in [0.29, 0.717) is 0 Å². The second kappa shape index (κ2) is 12.8. The molecule has 10 rings (SSSR count). The van der Waals surface area contributed by atoms with E-state index in [4.69, 9.17) is 0 Å². The van der Waals surface area contributed by atoms with E-state index in [2.05, 4.69) is 196 Å². The molecule has 53 heavy (non-hydrogen) atoms. The van der Waals surface area contributed by atoms with Crippen LogP contribution < -0.4 is 0 Å². The van der Waals surface area contributed by atoms with Gasteiger partial charge in [-0.2, -0.15) is 0 Å². The van der Waals surface area contributed by atoms with Gasteiger partial charge in [0.25, 0.3) is 0 Å². The van der Waals surface area contributed by atoms with Crippen LogP contribution in [0.4, 0.5) is 0 Å². The van der Waals surface area contributed by atoms with E-state index in [9.17, 15) is 0 Å². The lowest BCUT2D eigenvalue weighted by Gasteiger charge is -2.21. The van der Waals surface area contributed by atoms with Gasteiger partial charge in [0.05, 0.1) is 0 Å². The van der Waals surface area contributed by atoms with Gasteiger partial charge in [0, 0.05) is 5.41 Å². The Bertz CT molecular complexity index is 2660. The van der Waals surface area contributed by atoms with E-state index in [1.807, 2.05) is 0 Å². The molecule has 0 fully saturated rings. The largest absolute Gasteiger partial charge is 0.0776 e. The van der Waals surface area contributed by atoms with Gasteiger partial charge < -0.3 is 0 Å². The molecule has 0 nitrogen and oxygen atoms in total. The fourth-order valence-corrected chi connectivity index (χ4v) is 8.92. The first kappa shape index (κ1) is 32.7. The van der Waals surface area contributed by atoms with Crippen molar-refractivity contribution in [1.29, 1.82) is 0 Å². The first-order chi connectivity index (χ1) is 25.5. The Morgan fingerprint density at radius 3 is 1.43 bits per heavy atom. The number of hydrogen-bond acceptors (Lipinski definition) is 0. The average Bonchev–Trinajstić information content (AvgIpc) is 3.70. The summed E-state index contributed by atoms with van der Waals surface area (Å²) in [6, 6.07) is 67.5. The maximum absolute atomic E-state index is 2.41. The third kappa shape index (κ3) is 5.37. The van der Waals surface area contributed by atoms with E-state index in [-0.39, 0.29) is 12.8 Å². The van der Waals surface area contributed by atoms with Crippen LogP contribution in [0.15, 0.2) is 182 Å². The molecule has 8 aromatic rings. The highest BCUT2D eigenvalue weighted by Gasteiger charge is 2.35. The fourth-order valence-electron chi connectivity index (χ4n) is 8.92. The highest BCUT2D eigenvalue weighted by Crippen LogP contribution is 2.50. The lowest BCUT2D eigenvalue weighted by atomic mass is 9.82. The summed E-state index contributed by atoms with van der Waals surface area (Å²) in [5, 5.41) is 0. The van der Waals surface area contributed by atoms with Crippen LogP contribution in [0.1, 0.15) is 43.5 Å². The number of fused-ring (bicyclic) bond motifs is 6. The summed E-state index contributed by atoms with van der Waals surface area (Å²) >= 11 is 0. The van der Waals surface area contributed by atoms with Gasteiger partial charge in [0.15, 0.2) is 0 Å². The molecule has 254 valence electrons. The molecule has 0 unspecified atom stereocenters. The molecule has 2 aliphatic rings. The molecule has 0 spiro atoms. The van der Waals surface area contributed by atoms with Crippen LogP contribution in [-0.4, -0.2) is 0 Å².